The number of rotatable bonds is 3. The second-order valence-corrected chi connectivity index (χ2v) is 3.63. The van der Waals surface area contributed by atoms with Gasteiger partial charge < -0.3 is 9.15 Å². The first kappa shape index (κ1) is 9.31. The van der Waals surface area contributed by atoms with Gasteiger partial charge in [0.2, 0.25) is 0 Å². The van der Waals surface area contributed by atoms with Gasteiger partial charge in [0.1, 0.15) is 17.1 Å². The van der Waals surface area contributed by atoms with E-state index in [0.717, 1.165) is 24.4 Å². The minimum atomic E-state index is -0.258. The van der Waals surface area contributed by atoms with Crippen LogP contribution in [0.25, 0.3) is 0 Å². The van der Waals surface area contributed by atoms with E-state index in [1.54, 1.807) is 6.07 Å². The molecule has 0 unspecified atom stereocenters. The summed E-state index contributed by atoms with van der Waals surface area (Å²) in [6, 6.07) is 1.77. The maximum absolute atomic E-state index is 11.5. The van der Waals surface area contributed by atoms with Crippen LogP contribution >= 0.6 is 0 Å². The maximum atomic E-state index is 11.5. The van der Waals surface area contributed by atoms with Gasteiger partial charge in [0.15, 0.2) is 0 Å². The topological polar surface area (TPSA) is 39.4 Å². The van der Waals surface area contributed by atoms with Crippen molar-refractivity contribution in [1.82, 2.24) is 0 Å². The first-order chi connectivity index (χ1) is 6.72. The highest BCUT2D eigenvalue weighted by Gasteiger charge is 2.32. The fraction of sp³-hybridized carbons (Fsp3) is 0.545. The van der Waals surface area contributed by atoms with Gasteiger partial charge in [-0.05, 0) is 32.8 Å². The third kappa shape index (κ3) is 1.67. The molecule has 1 aliphatic carbocycles. The van der Waals surface area contributed by atoms with Gasteiger partial charge in [-0.3, -0.25) is 0 Å². The van der Waals surface area contributed by atoms with Crippen LogP contribution in [0.15, 0.2) is 10.5 Å². The molecular weight excluding hydrogens is 180 g/mol. The Hall–Kier alpha value is -1.25. The van der Waals surface area contributed by atoms with E-state index in [4.69, 9.17) is 9.15 Å². The van der Waals surface area contributed by atoms with Crippen molar-refractivity contribution in [2.24, 2.45) is 0 Å². The predicted molar refractivity (Wildman–Crippen MR) is 51.4 cm³/mol. The van der Waals surface area contributed by atoms with Crippen molar-refractivity contribution in [1.29, 1.82) is 0 Å². The average molecular weight is 194 g/mol. The zero-order chi connectivity index (χ0) is 10.1. The van der Waals surface area contributed by atoms with Crippen molar-refractivity contribution in [3.8, 4) is 0 Å². The Labute approximate surface area is 83.0 Å². The number of aryl methyl sites for hydroxylation is 1. The SMILES string of the molecule is CCOC(=O)c1cc(C)oc1C1CC1. The lowest BCUT2D eigenvalue weighted by molar-refractivity contribution is 0.0523. The molecule has 0 aromatic carbocycles. The Morgan fingerprint density at radius 2 is 2.36 bits per heavy atom. The number of furan rings is 1. The number of esters is 1. The zero-order valence-corrected chi connectivity index (χ0v) is 8.50. The second-order valence-electron chi connectivity index (χ2n) is 3.63. The van der Waals surface area contributed by atoms with E-state index in [0.29, 0.717) is 18.1 Å². The van der Waals surface area contributed by atoms with Crippen molar-refractivity contribution < 1.29 is 13.9 Å². The molecular formula is C11H14O3. The summed E-state index contributed by atoms with van der Waals surface area (Å²) in [5.41, 5.74) is 0.617. The molecule has 1 fully saturated rings. The Bertz CT molecular complexity index is 347. The first-order valence-corrected chi connectivity index (χ1v) is 4.99. The highest BCUT2D eigenvalue weighted by atomic mass is 16.5. The molecule has 1 aromatic heterocycles. The molecule has 3 heteroatoms. The normalized spacial score (nSPS) is 15.6. The quantitative estimate of drug-likeness (QED) is 0.694. The van der Waals surface area contributed by atoms with Crippen LogP contribution in [0.3, 0.4) is 0 Å². The van der Waals surface area contributed by atoms with Crippen LogP contribution < -0.4 is 0 Å². The van der Waals surface area contributed by atoms with Gasteiger partial charge in [0.25, 0.3) is 0 Å². The summed E-state index contributed by atoms with van der Waals surface area (Å²) in [7, 11) is 0. The standard InChI is InChI=1S/C11H14O3/c1-3-13-11(12)9-6-7(2)14-10(9)8-4-5-8/h6,8H,3-5H2,1-2H3. The fourth-order valence-electron chi connectivity index (χ4n) is 1.55. The molecule has 0 aliphatic heterocycles. The van der Waals surface area contributed by atoms with E-state index in [2.05, 4.69) is 0 Å². The molecule has 14 heavy (non-hydrogen) atoms. The minimum Gasteiger partial charge on any atom is -0.465 e. The molecule has 0 bridgehead atoms. The summed E-state index contributed by atoms with van der Waals surface area (Å²) in [6.45, 7) is 4.07. The van der Waals surface area contributed by atoms with Crippen molar-refractivity contribution >= 4 is 5.97 Å². The van der Waals surface area contributed by atoms with E-state index >= 15 is 0 Å². The van der Waals surface area contributed by atoms with Crippen LogP contribution in [-0.4, -0.2) is 12.6 Å². The third-order valence-corrected chi connectivity index (χ3v) is 2.33. The van der Waals surface area contributed by atoms with E-state index in [1.165, 1.54) is 0 Å². The molecule has 0 N–H and O–H groups in total. The third-order valence-electron chi connectivity index (χ3n) is 2.33. The average Bonchev–Trinajstić information content (AvgIpc) is 2.90. The predicted octanol–water partition coefficient (Wildman–Crippen LogP) is 2.64. The number of carbonyl (C=O) groups excluding carboxylic acids is 1. The Morgan fingerprint density at radius 1 is 1.64 bits per heavy atom. The smallest absolute Gasteiger partial charge is 0.341 e. The molecule has 1 aliphatic rings. The van der Waals surface area contributed by atoms with Gasteiger partial charge in [0.05, 0.1) is 6.61 Å². The van der Waals surface area contributed by atoms with E-state index in [-0.39, 0.29) is 5.97 Å². The van der Waals surface area contributed by atoms with Gasteiger partial charge in [0, 0.05) is 5.92 Å². The monoisotopic (exact) mass is 194 g/mol. The zero-order valence-electron chi connectivity index (χ0n) is 8.50. The molecule has 0 saturated heterocycles. The van der Waals surface area contributed by atoms with Gasteiger partial charge in [-0.25, -0.2) is 4.79 Å². The maximum Gasteiger partial charge on any atom is 0.341 e. The van der Waals surface area contributed by atoms with Crippen LogP contribution in [0.1, 0.15) is 47.6 Å². The first-order valence-electron chi connectivity index (χ1n) is 4.99. The number of hydrogen-bond donors (Lipinski definition) is 0. The molecule has 1 aromatic rings. The van der Waals surface area contributed by atoms with Crippen molar-refractivity contribution in [2.45, 2.75) is 32.6 Å². The lowest BCUT2D eigenvalue weighted by Gasteiger charge is -2.00. The molecule has 1 saturated carbocycles. The molecule has 3 nitrogen and oxygen atoms in total. The Balaban J connectivity index is 2.26. The van der Waals surface area contributed by atoms with Crippen LogP contribution in [0.5, 0.6) is 0 Å². The summed E-state index contributed by atoms with van der Waals surface area (Å²) >= 11 is 0. The summed E-state index contributed by atoms with van der Waals surface area (Å²) in [4.78, 5) is 11.5. The lowest BCUT2D eigenvalue weighted by Crippen LogP contribution is -2.05. The van der Waals surface area contributed by atoms with Crippen LogP contribution in [0.2, 0.25) is 0 Å². The number of carbonyl (C=O) groups is 1. The summed E-state index contributed by atoms with van der Waals surface area (Å²) in [5.74, 6) is 1.80. The molecule has 0 atom stereocenters. The van der Waals surface area contributed by atoms with Crippen molar-refractivity contribution in [2.75, 3.05) is 6.61 Å². The van der Waals surface area contributed by atoms with Crippen LogP contribution in [0, 0.1) is 6.92 Å². The van der Waals surface area contributed by atoms with Gasteiger partial charge in [-0.2, -0.15) is 0 Å². The van der Waals surface area contributed by atoms with Crippen LogP contribution in [0.4, 0.5) is 0 Å². The van der Waals surface area contributed by atoms with Crippen LogP contribution in [-0.2, 0) is 4.74 Å². The molecule has 0 spiro atoms. The highest BCUT2D eigenvalue weighted by Crippen LogP contribution is 2.42. The summed E-state index contributed by atoms with van der Waals surface area (Å²) in [5, 5.41) is 0. The summed E-state index contributed by atoms with van der Waals surface area (Å²) < 4.78 is 10.5. The van der Waals surface area contributed by atoms with Gasteiger partial charge >= 0.3 is 5.97 Å². The Kier molecular flexibility index (Phi) is 2.32. The highest BCUT2D eigenvalue weighted by molar-refractivity contribution is 5.91. The molecule has 1 heterocycles. The minimum absolute atomic E-state index is 0.258. The van der Waals surface area contributed by atoms with E-state index in [1.807, 2.05) is 13.8 Å². The van der Waals surface area contributed by atoms with E-state index in [9.17, 15) is 4.79 Å². The number of hydrogen-bond acceptors (Lipinski definition) is 3. The second kappa shape index (κ2) is 3.48. The Morgan fingerprint density at radius 3 is 2.93 bits per heavy atom. The lowest BCUT2D eigenvalue weighted by atomic mass is 10.2. The molecule has 2 rings (SSSR count). The molecule has 0 radical (unpaired) electrons. The largest absolute Gasteiger partial charge is 0.465 e. The molecule has 76 valence electrons. The fourth-order valence-corrected chi connectivity index (χ4v) is 1.55. The van der Waals surface area contributed by atoms with Gasteiger partial charge in [-0.1, -0.05) is 0 Å². The molecule has 0 amide bonds. The number of ether oxygens (including phenoxy) is 1. The van der Waals surface area contributed by atoms with Crippen molar-refractivity contribution in [3.63, 3.8) is 0 Å². The van der Waals surface area contributed by atoms with Gasteiger partial charge in [-0.15, -0.1) is 0 Å². The summed E-state index contributed by atoms with van der Waals surface area (Å²) in [6.07, 6.45) is 2.25. The van der Waals surface area contributed by atoms with E-state index < -0.39 is 0 Å². The van der Waals surface area contributed by atoms with Crippen molar-refractivity contribution in [3.05, 3.63) is 23.2 Å².